The summed E-state index contributed by atoms with van der Waals surface area (Å²) in [6.07, 6.45) is 6.02. The van der Waals surface area contributed by atoms with E-state index in [1.165, 1.54) is 12.4 Å². The molecule has 2 aromatic heterocycles. The summed E-state index contributed by atoms with van der Waals surface area (Å²) >= 11 is -1.16. The molecule has 162 valence electrons. The first-order chi connectivity index (χ1) is 15.5. The van der Waals surface area contributed by atoms with Crippen molar-refractivity contribution in [3.05, 3.63) is 66.0 Å². The largest absolute Gasteiger partial charge is 0.610 e. The number of hydrogen-bond donors (Lipinski definition) is 1. The van der Waals surface area contributed by atoms with Crippen LogP contribution < -0.4 is 10.1 Å². The average Bonchev–Trinajstić information content (AvgIpc) is 3.20. The van der Waals surface area contributed by atoms with Crippen LogP contribution in [-0.4, -0.2) is 38.1 Å². The molecule has 3 heterocycles. The lowest BCUT2D eigenvalue weighted by molar-refractivity contribution is -0.128. The highest BCUT2D eigenvalue weighted by atomic mass is 32.2. The number of likely N-dealkylation sites (tertiary alicyclic amines) is 1. The third kappa shape index (κ3) is 5.17. The summed E-state index contributed by atoms with van der Waals surface area (Å²) in [5, 5.41) is 12.6. The predicted molar refractivity (Wildman–Crippen MR) is 120 cm³/mol. The summed E-state index contributed by atoms with van der Waals surface area (Å²) < 4.78 is 17.6. The molecule has 0 saturated carbocycles. The Morgan fingerprint density at radius 3 is 2.72 bits per heavy atom. The number of rotatable bonds is 7. The number of nitrogens with zero attached hydrogens (tertiary/aromatic N) is 4. The van der Waals surface area contributed by atoms with Gasteiger partial charge in [-0.3, -0.25) is 4.79 Å². The maximum absolute atomic E-state index is 12.2. The fraction of sp³-hybridized carbons (Fsp3) is 0.217. The van der Waals surface area contributed by atoms with E-state index in [9.17, 15) is 9.35 Å². The molecule has 0 aliphatic carbocycles. The van der Waals surface area contributed by atoms with Gasteiger partial charge in [-0.2, -0.15) is 5.26 Å². The van der Waals surface area contributed by atoms with E-state index in [0.717, 1.165) is 17.7 Å². The van der Waals surface area contributed by atoms with Gasteiger partial charge < -0.3 is 19.5 Å². The Bertz CT molecular complexity index is 1140. The number of ether oxygens (including phenoxy) is 1. The van der Waals surface area contributed by atoms with Crippen molar-refractivity contribution < 1.29 is 14.1 Å². The van der Waals surface area contributed by atoms with Crippen molar-refractivity contribution in [1.82, 2.24) is 14.9 Å². The smallest absolute Gasteiger partial charge is 0.244 e. The van der Waals surface area contributed by atoms with E-state index in [0.29, 0.717) is 47.4 Å². The number of nitriles is 1. The molecule has 1 atom stereocenters. The van der Waals surface area contributed by atoms with E-state index < -0.39 is 11.2 Å². The molecule has 32 heavy (non-hydrogen) atoms. The molecular weight excluding hydrogens is 426 g/mol. The van der Waals surface area contributed by atoms with Crippen molar-refractivity contribution in [3.63, 3.8) is 0 Å². The normalized spacial score (nSPS) is 14.2. The highest BCUT2D eigenvalue weighted by Gasteiger charge is 2.22. The van der Waals surface area contributed by atoms with Crippen molar-refractivity contribution in [3.8, 4) is 17.6 Å². The summed E-state index contributed by atoms with van der Waals surface area (Å²) in [4.78, 5) is 22.4. The molecule has 1 saturated heterocycles. The van der Waals surface area contributed by atoms with Crippen LogP contribution >= 0.6 is 0 Å². The molecular formula is C23H21N5O3S. The van der Waals surface area contributed by atoms with Crippen LogP contribution in [0.1, 0.15) is 24.0 Å². The van der Waals surface area contributed by atoms with Crippen molar-refractivity contribution in [1.29, 1.82) is 5.26 Å². The van der Waals surface area contributed by atoms with Crippen molar-refractivity contribution in [2.24, 2.45) is 0 Å². The van der Waals surface area contributed by atoms with E-state index in [1.54, 1.807) is 30.5 Å². The molecule has 0 bridgehead atoms. The predicted octanol–water partition coefficient (Wildman–Crippen LogP) is 3.74. The number of carbonyl (C=O) groups is 1. The Labute approximate surface area is 189 Å². The first-order valence-electron chi connectivity index (χ1n) is 10.0. The Hall–Kier alpha value is -3.61. The van der Waals surface area contributed by atoms with E-state index >= 15 is 0 Å². The zero-order valence-electron chi connectivity index (χ0n) is 17.4. The van der Waals surface area contributed by atoms with E-state index in [4.69, 9.17) is 10.00 Å². The van der Waals surface area contributed by atoms with Crippen LogP contribution in [0.2, 0.25) is 0 Å². The molecule has 3 aromatic rings. The zero-order valence-corrected chi connectivity index (χ0v) is 18.3. The molecule has 1 aliphatic heterocycles. The Kier molecular flexibility index (Phi) is 6.54. The summed E-state index contributed by atoms with van der Waals surface area (Å²) in [5.74, 6) is 1.85. The fourth-order valence-electron chi connectivity index (χ4n) is 3.36. The Morgan fingerprint density at radius 1 is 1.22 bits per heavy atom. The second-order valence-electron chi connectivity index (χ2n) is 7.30. The second-order valence-corrected chi connectivity index (χ2v) is 8.63. The minimum absolute atomic E-state index is 0.125. The quantitative estimate of drug-likeness (QED) is 0.549. The minimum atomic E-state index is -1.16. The number of aromatic nitrogens is 2. The zero-order chi connectivity index (χ0) is 22.5. The van der Waals surface area contributed by atoms with Gasteiger partial charge in [0.25, 0.3) is 0 Å². The molecule has 1 fully saturated rings. The topological polar surface area (TPSA) is 114 Å². The van der Waals surface area contributed by atoms with Crippen LogP contribution in [0.5, 0.6) is 11.5 Å². The van der Waals surface area contributed by atoms with Gasteiger partial charge in [-0.05, 0) is 42.8 Å². The van der Waals surface area contributed by atoms with Crippen LogP contribution in [0.15, 0.2) is 59.9 Å². The number of nitrogens with one attached hydrogen (secondary N) is 1. The molecule has 1 aliphatic rings. The van der Waals surface area contributed by atoms with E-state index in [2.05, 4.69) is 15.3 Å². The molecule has 1 amide bonds. The SMILES string of the molecule is C[S+]([O-])c1ccc(Oc2ccc(Nc3ccc(C#N)cn3)cc2CN2CCCC2=O)cn1. The first kappa shape index (κ1) is 21.6. The van der Waals surface area contributed by atoms with Gasteiger partial charge in [-0.15, -0.1) is 0 Å². The van der Waals surface area contributed by atoms with Crippen LogP contribution in [-0.2, 0) is 22.5 Å². The average molecular weight is 448 g/mol. The van der Waals surface area contributed by atoms with Gasteiger partial charge in [-0.25, -0.2) is 9.97 Å². The summed E-state index contributed by atoms with van der Waals surface area (Å²) in [7, 11) is 0. The van der Waals surface area contributed by atoms with Gasteiger partial charge in [0.05, 0.1) is 11.8 Å². The van der Waals surface area contributed by atoms with Crippen LogP contribution in [0.3, 0.4) is 0 Å². The third-order valence-electron chi connectivity index (χ3n) is 4.99. The Morgan fingerprint density at radius 2 is 2.09 bits per heavy atom. The van der Waals surface area contributed by atoms with Crippen molar-refractivity contribution in [2.45, 2.75) is 24.4 Å². The molecule has 4 rings (SSSR count). The lowest BCUT2D eigenvalue weighted by Gasteiger charge is -2.19. The highest BCUT2D eigenvalue weighted by Crippen LogP contribution is 2.31. The molecule has 1 N–H and O–H groups in total. The molecule has 1 aromatic carbocycles. The Balaban J connectivity index is 1.59. The summed E-state index contributed by atoms with van der Waals surface area (Å²) in [6, 6.07) is 14.5. The van der Waals surface area contributed by atoms with Crippen LogP contribution in [0.4, 0.5) is 11.5 Å². The minimum Gasteiger partial charge on any atom is -0.610 e. The monoisotopic (exact) mass is 447 g/mol. The lowest BCUT2D eigenvalue weighted by Crippen LogP contribution is -2.24. The van der Waals surface area contributed by atoms with Crippen LogP contribution in [0, 0.1) is 11.3 Å². The number of hydrogen-bond acceptors (Lipinski definition) is 7. The molecule has 0 radical (unpaired) electrons. The second kappa shape index (κ2) is 9.68. The van der Waals surface area contributed by atoms with Gasteiger partial charge >= 0.3 is 0 Å². The van der Waals surface area contributed by atoms with E-state index in [-0.39, 0.29) is 5.91 Å². The standard InChI is InChI=1S/C23H21N5O3S/c1-32(30)22-9-6-19(14-26-22)31-20-7-5-18(27-21-8-4-16(12-24)13-25-21)11-17(20)15-28-10-2-3-23(28)29/h4-9,11,13-14H,2-3,10,15H2,1H3,(H,25,27). The highest BCUT2D eigenvalue weighted by molar-refractivity contribution is 7.90. The van der Waals surface area contributed by atoms with Gasteiger partial charge in [-0.1, -0.05) is 0 Å². The lowest BCUT2D eigenvalue weighted by atomic mass is 10.1. The van der Waals surface area contributed by atoms with Gasteiger partial charge in [0, 0.05) is 54.2 Å². The molecule has 0 spiro atoms. The maximum atomic E-state index is 12.2. The molecule has 8 nitrogen and oxygen atoms in total. The number of benzene rings is 1. The maximum Gasteiger partial charge on any atom is 0.244 e. The number of pyridine rings is 2. The number of carbonyl (C=O) groups excluding carboxylic acids is 1. The summed E-state index contributed by atoms with van der Waals surface area (Å²) in [6.45, 7) is 1.14. The van der Waals surface area contributed by atoms with Crippen molar-refractivity contribution in [2.75, 3.05) is 18.1 Å². The number of amides is 1. The van der Waals surface area contributed by atoms with E-state index in [1.807, 2.05) is 29.2 Å². The molecule has 1 unspecified atom stereocenters. The van der Waals surface area contributed by atoms with Crippen LogP contribution in [0.25, 0.3) is 0 Å². The van der Waals surface area contributed by atoms with Gasteiger partial charge in [0.15, 0.2) is 0 Å². The fourth-order valence-corrected chi connectivity index (χ4v) is 3.82. The van der Waals surface area contributed by atoms with Crippen molar-refractivity contribution >= 4 is 28.6 Å². The third-order valence-corrected chi connectivity index (χ3v) is 5.82. The molecule has 9 heteroatoms. The van der Waals surface area contributed by atoms with Gasteiger partial charge in [0.1, 0.15) is 29.6 Å². The van der Waals surface area contributed by atoms with Gasteiger partial charge in [0.2, 0.25) is 10.9 Å². The first-order valence-corrected chi connectivity index (χ1v) is 11.6. The number of anilines is 2. The summed E-state index contributed by atoms with van der Waals surface area (Å²) in [5.41, 5.74) is 2.10.